The summed E-state index contributed by atoms with van der Waals surface area (Å²) in [4.78, 5) is 17.7. The highest BCUT2D eigenvalue weighted by Gasteiger charge is 2.35. The molecule has 0 bridgehead atoms. The van der Waals surface area contributed by atoms with Crippen molar-refractivity contribution in [1.29, 1.82) is 0 Å². The second-order valence-electron chi connectivity index (χ2n) is 17.1. The molecule has 0 amide bonds. The monoisotopic (exact) mass is 839 g/mol. The first-order valence-corrected chi connectivity index (χ1v) is 22.9. The molecule has 0 spiro atoms. The van der Waals surface area contributed by atoms with Crippen LogP contribution in [0.3, 0.4) is 0 Å². The van der Waals surface area contributed by atoms with Gasteiger partial charge < -0.3 is 0 Å². The molecule has 8 aromatic carbocycles. The van der Waals surface area contributed by atoms with Crippen molar-refractivity contribution in [3.63, 3.8) is 0 Å². The zero-order valence-electron chi connectivity index (χ0n) is 35.9. The van der Waals surface area contributed by atoms with Gasteiger partial charge in [-0.1, -0.05) is 202 Å². The topological polar surface area (TPSA) is 38.7 Å². The summed E-state index contributed by atoms with van der Waals surface area (Å²) >= 11 is 1.79. The fourth-order valence-electron chi connectivity index (χ4n) is 9.24. The maximum atomic E-state index is 5.15. The lowest BCUT2D eigenvalue weighted by atomic mass is 9.82. The molecule has 0 N–H and O–H groups in total. The number of fused-ring (bicyclic) bond motifs is 3. The van der Waals surface area contributed by atoms with Crippen LogP contribution in [0.15, 0.2) is 222 Å². The molecule has 64 heavy (non-hydrogen) atoms. The standard InChI is InChI=1S/C60H45N3S/c1-60(2)55-22-10-9-21-53(55)54-39-49(33-36-56(54)60)44-27-29-46(30-28-44)58-61-57(45-15-7-4-8-16-45)62-59(63-58)50-19-11-17-47(37-50)48-18-12-20-52(38-48)64-51-34-31-43(32-35-51)42-25-23-41(24-26-42)40-13-5-3-6-14-40/h3-10,12-16,18-39H,11,17H2,1-2H3. The van der Waals surface area contributed by atoms with Crippen LogP contribution in [-0.4, -0.2) is 15.0 Å². The average Bonchev–Trinajstić information content (AvgIpc) is 3.60. The van der Waals surface area contributed by atoms with E-state index in [2.05, 4.69) is 208 Å². The number of aromatic nitrogens is 3. The van der Waals surface area contributed by atoms with Gasteiger partial charge in [0.15, 0.2) is 17.5 Å². The van der Waals surface area contributed by atoms with Crippen molar-refractivity contribution in [3.05, 3.63) is 235 Å². The molecule has 4 heteroatoms. The average molecular weight is 840 g/mol. The fraction of sp³-hybridized carbons (Fsp3) is 0.0833. The Hall–Kier alpha value is -7.40. The van der Waals surface area contributed by atoms with E-state index in [1.165, 1.54) is 71.0 Å². The second-order valence-corrected chi connectivity index (χ2v) is 18.3. The molecule has 0 radical (unpaired) electrons. The van der Waals surface area contributed by atoms with Crippen LogP contribution < -0.4 is 0 Å². The second kappa shape index (κ2) is 16.7. The Labute approximate surface area is 380 Å². The molecule has 3 nitrogen and oxygen atoms in total. The largest absolute Gasteiger partial charge is 0.208 e. The first-order valence-electron chi connectivity index (χ1n) is 22.0. The normalized spacial score (nSPS) is 13.7. The Kier molecular flexibility index (Phi) is 10.3. The number of benzene rings is 8. The molecular weight excluding hydrogens is 795 g/mol. The van der Waals surface area contributed by atoms with Crippen molar-refractivity contribution < 1.29 is 0 Å². The van der Waals surface area contributed by atoms with Gasteiger partial charge in [-0.3, -0.25) is 0 Å². The minimum Gasteiger partial charge on any atom is -0.208 e. The highest BCUT2D eigenvalue weighted by molar-refractivity contribution is 7.99. The van der Waals surface area contributed by atoms with Crippen LogP contribution >= 0.6 is 11.8 Å². The van der Waals surface area contributed by atoms with E-state index >= 15 is 0 Å². The van der Waals surface area contributed by atoms with Crippen LogP contribution in [0, 0.1) is 0 Å². The van der Waals surface area contributed by atoms with Gasteiger partial charge in [0.25, 0.3) is 0 Å². The van der Waals surface area contributed by atoms with Crippen molar-refractivity contribution in [3.8, 4) is 67.3 Å². The van der Waals surface area contributed by atoms with Crippen molar-refractivity contribution in [2.24, 2.45) is 0 Å². The highest BCUT2D eigenvalue weighted by atomic mass is 32.2. The van der Waals surface area contributed by atoms with E-state index in [1.807, 2.05) is 18.2 Å². The number of rotatable bonds is 9. The molecule has 0 unspecified atom stereocenters. The number of hydrogen-bond donors (Lipinski definition) is 0. The molecule has 306 valence electrons. The van der Waals surface area contributed by atoms with Crippen molar-refractivity contribution in [2.45, 2.75) is 41.9 Å². The first-order chi connectivity index (χ1) is 31.4. The quantitative estimate of drug-likeness (QED) is 0.145. The van der Waals surface area contributed by atoms with Crippen LogP contribution in [0.1, 0.15) is 49.2 Å². The first kappa shape index (κ1) is 39.4. The predicted octanol–water partition coefficient (Wildman–Crippen LogP) is 15.9. The summed E-state index contributed by atoms with van der Waals surface area (Å²) in [5, 5.41) is 0. The Morgan fingerprint density at radius 2 is 0.891 bits per heavy atom. The van der Waals surface area contributed by atoms with Crippen molar-refractivity contribution in [1.82, 2.24) is 15.0 Å². The van der Waals surface area contributed by atoms with Gasteiger partial charge in [-0.15, -0.1) is 0 Å². The number of hydrogen-bond acceptors (Lipinski definition) is 4. The van der Waals surface area contributed by atoms with Gasteiger partial charge in [0.1, 0.15) is 0 Å². The van der Waals surface area contributed by atoms with Gasteiger partial charge in [-0.2, -0.15) is 0 Å². The molecule has 0 atom stereocenters. The Bertz CT molecular complexity index is 3220. The van der Waals surface area contributed by atoms with Gasteiger partial charge in [-0.05, 0) is 116 Å². The molecular formula is C60H45N3S. The lowest BCUT2D eigenvalue weighted by Crippen LogP contribution is -2.14. The molecule has 11 rings (SSSR count). The van der Waals surface area contributed by atoms with Gasteiger partial charge in [0.05, 0.1) is 0 Å². The summed E-state index contributed by atoms with van der Waals surface area (Å²) in [6, 6.07) is 71.8. The predicted molar refractivity (Wildman–Crippen MR) is 267 cm³/mol. The summed E-state index contributed by atoms with van der Waals surface area (Å²) in [7, 11) is 0. The summed E-state index contributed by atoms with van der Waals surface area (Å²) < 4.78 is 0. The van der Waals surface area contributed by atoms with E-state index in [0.29, 0.717) is 17.5 Å². The molecule has 0 fully saturated rings. The van der Waals surface area contributed by atoms with E-state index in [0.717, 1.165) is 35.1 Å². The number of nitrogens with zero attached hydrogens (tertiary/aromatic N) is 3. The Balaban J connectivity index is 0.847. The third kappa shape index (κ3) is 7.71. The summed E-state index contributed by atoms with van der Waals surface area (Å²) in [5.41, 5.74) is 18.1. The SMILES string of the molecule is CC1(C)c2ccccc2-c2cc(-c3ccc(-c4nc(C5=CCCC(c6cccc(Sc7ccc(-c8ccc(-c9ccccc9)cc8)cc7)c6)=C5)nc(-c5ccccc5)n4)cc3)ccc21. The molecule has 0 aliphatic heterocycles. The molecule has 1 aromatic heterocycles. The van der Waals surface area contributed by atoms with Gasteiger partial charge in [-0.25, -0.2) is 15.0 Å². The van der Waals surface area contributed by atoms with Crippen LogP contribution in [0.4, 0.5) is 0 Å². The van der Waals surface area contributed by atoms with Crippen molar-refractivity contribution in [2.75, 3.05) is 0 Å². The van der Waals surface area contributed by atoms with Gasteiger partial charge in [0.2, 0.25) is 0 Å². The minimum atomic E-state index is -0.0137. The molecule has 1 heterocycles. The lowest BCUT2D eigenvalue weighted by Gasteiger charge is -2.21. The van der Waals surface area contributed by atoms with Crippen LogP contribution in [0.25, 0.3) is 78.4 Å². The molecule has 0 saturated carbocycles. The van der Waals surface area contributed by atoms with E-state index in [-0.39, 0.29) is 5.41 Å². The molecule has 9 aromatic rings. The summed E-state index contributed by atoms with van der Waals surface area (Å²) in [5.74, 6) is 2.01. The lowest BCUT2D eigenvalue weighted by molar-refractivity contribution is 0.660. The van der Waals surface area contributed by atoms with Crippen molar-refractivity contribution >= 4 is 22.9 Å². The highest BCUT2D eigenvalue weighted by Crippen LogP contribution is 2.49. The fourth-order valence-corrected chi connectivity index (χ4v) is 10.1. The Morgan fingerprint density at radius 3 is 1.58 bits per heavy atom. The van der Waals surface area contributed by atoms with Gasteiger partial charge >= 0.3 is 0 Å². The maximum absolute atomic E-state index is 5.15. The third-order valence-corrected chi connectivity index (χ3v) is 13.7. The van der Waals surface area contributed by atoms with E-state index in [1.54, 1.807) is 11.8 Å². The molecule has 2 aliphatic rings. The molecule has 2 aliphatic carbocycles. The van der Waals surface area contributed by atoms with Crippen LogP contribution in [0.5, 0.6) is 0 Å². The zero-order chi connectivity index (χ0) is 43.0. The summed E-state index contributed by atoms with van der Waals surface area (Å²) in [6.07, 6.45) is 6.40. The van der Waals surface area contributed by atoms with E-state index in [4.69, 9.17) is 15.0 Å². The smallest absolute Gasteiger partial charge is 0.164 e. The Morgan fingerprint density at radius 1 is 0.391 bits per heavy atom. The maximum Gasteiger partial charge on any atom is 0.164 e. The third-order valence-electron chi connectivity index (χ3n) is 12.7. The van der Waals surface area contributed by atoms with E-state index in [9.17, 15) is 0 Å². The van der Waals surface area contributed by atoms with Gasteiger partial charge in [0, 0.05) is 31.9 Å². The summed E-state index contributed by atoms with van der Waals surface area (Å²) in [6.45, 7) is 4.65. The molecule has 0 saturated heterocycles. The number of allylic oxidation sites excluding steroid dienone is 4. The van der Waals surface area contributed by atoms with Crippen LogP contribution in [0.2, 0.25) is 0 Å². The zero-order valence-corrected chi connectivity index (χ0v) is 36.7. The van der Waals surface area contributed by atoms with Crippen LogP contribution in [-0.2, 0) is 5.41 Å². The van der Waals surface area contributed by atoms with E-state index < -0.39 is 0 Å². The minimum absolute atomic E-state index is 0.0137.